The molecule has 1 aromatic rings. The monoisotopic (exact) mass is 230 g/mol. The average Bonchev–Trinajstić information content (AvgIpc) is 2.61. The molecule has 0 aliphatic rings. The van der Waals surface area contributed by atoms with Crippen molar-refractivity contribution in [3.8, 4) is 0 Å². The first-order valence-corrected chi connectivity index (χ1v) is 5.92. The minimum atomic E-state index is -0.432. The quantitative estimate of drug-likeness (QED) is 0.732. The molecular weight excluding hydrogens is 212 g/mol. The molecule has 0 aliphatic heterocycles. The lowest BCUT2D eigenvalue weighted by atomic mass is 10.3. The molecule has 0 radical (unpaired) electrons. The molecule has 0 amide bonds. The van der Waals surface area contributed by atoms with Gasteiger partial charge >= 0.3 is 0 Å². The summed E-state index contributed by atoms with van der Waals surface area (Å²) in [5.74, 6) is 0. The van der Waals surface area contributed by atoms with Crippen molar-refractivity contribution in [1.82, 2.24) is 10.3 Å². The van der Waals surface area contributed by atoms with Crippen LogP contribution in [0.3, 0.4) is 0 Å². The number of hydrogen-bond donors (Lipinski definition) is 2. The number of nitrogens with zero attached hydrogens (tertiary/aromatic N) is 1. The summed E-state index contributed by atoms with van der Waals surface area (Å²) in [6.07, 6.45) is 1.43. The topological polar surface area (TPSA) is 54.4 Å². The number of thiazole rings is 1. The van der Waals surface area contributed by atoms with Crippen molar-refractivity contribution in [3.63, 3.8) is 0 Å². The van der Waals surface area contributed by atoms with Crippen LogP contribution in [0.25, 0.3) is 0 Å². The van der Waals surface area contributed by atoms with Gasteiger partial charge < -0.3 is 15.2 Å². The first kappa shape index (κ1) is 12.6. The fourth-order valence-electron chi connectivity index (χ4n) is 1.16. The summed E-state index contributed by atoms with van der Waals surface area (Å²) in [6, 6.07) is 0. The standard InChI is InChI=1S/C10H18N2O2S/c1-3-14-7-9(13)4-11-5-10-6-12-8(2)15-10/h6,9,11,13H,3-5,7H2,1-2H3. The lowest BCUT2D eigenvalue weighted by Crippen LogP contribution is -2.29. The van der Waals surface area contributed by atoms with E-state index >= 15 is 0 Å². The number of aliphatic hydroxyl groups is 1. The maximum Gasteiger partial charge on any atom is 0.0897 e. The van der Waals surface area contributed by atoms with Gasteiger partial charge in [-0.1, -0.05) is 0 Å². The molecule has 1 aromatic heterocycles. The number of aliphatic hydroxyl groups excluding tert-OH is 1. The molecule has 0 spiro atoms. The Morgan fingerprint density at radius 3 is 3.07 bits per heavy atom. The molecule has 86 valence electrons. The van der Waals surface area contributed by atoms with Crippen LogP contribution in [0.4, 0.5) is 0 Å². The number of aryl methyl sites for hydroxylation is 1. The van der Waals surface area contributed by atoms with E-state index in [1.807, 2.05) is 20.0 Å². The third-order valence-corrected chi connectivity index (χ3v) is 2.78. The number of aromatic nitrogens is 1. The van der Waals surface area contributed by atoms with E-state index in [2.05, 4.69) is 10.3 Å². The highest BCUT2D eigenvalue weighted by Gasteiger charge is 2.03. The van der Waals surface area contributed by atoms with Crippen LogP contribution in [-0.4, -0.2) is 36.0 Å². The predicted molar refractivity (Wildman–Crippen MR) is 61.1 cm³/mol. The van der Waals surface area contributed by atoms with Crippen molar-refractivity contribution in [2.75, 3.05) is 19.8 Å². The molecule has 15 heavy (non-hydrogen) atoms. The van der Waals surface area contributed by atoms with E-state index in [0.29, 0.717) is 19.8 Å². The van der Waals surface area contributed by atoms with Gasteiger partial charge in [-0.05, 0) is 13.8 Å². The zero-order valence-electron chi connectivity index (χ0n) is 9.19. The van der Waals surface area contributed by atoms with Gasteiger partial charge in [0.05, 0.1) is 17.7 Å². The molecule has 0 aromatic carbocycles. The molecule has 5 heteroatoms. The summed E-state index contributed by atoms with van der Waals surface area (Å²) in [7, 11) is 0. The Balaban J connectivity index is 2.10. The maximum atomic E-state index is 9.46. The van der Waals surface area contributed by atoms with Crippen LogP contribution in [0.1, 0.15) is 16.8 Å². The lowest BCUT2D eigenvalue weighted by molar-refractivity contribution is 0.0427. The Hall–Kier alpha value is -0.490. The van der Waals surface area contributed by atoms with E-state index in [9.17, 15) is 5.11 Å². The first-order chi connectivity index (χ1) is 7.22. The Labute approximate surface area is 94.3 Å². The Morgan fingerprint density at radius 2 is 2.47 bits per heavy atom. The van der Waals surface area contributed by atoms with Gasteiger partial charge in [-0.3, -0.25) is 0 Å². The van der Waals surface area contributed by atoms with E-state index in [4.69, 9.17) is 4.74 Å². The van der Waals surface area contributed by atoms with Crippen LogP contribution >= 0.6 is 11.3 Å². The SMILES string of the molecule is CCOCC(O)CNCc1cnc(C)s1. The highest BCUT2D eigenvalue weighted by atomic mass is 32.1. The Kier molecular flexibility index (Phi) is 5.78. The highest BCUT2D eigenvalue weighted by molar-refractivity contribution is 7.11. The second kappa shape index (κ2) is 6.90. The molecule has 0 fully saturated rings. The summed E-state index contributed by atoms with van der Waals surface area (Å²) in [6.45, 7) is 6.25. The largest absolute Gasteiger partial charge is 0.389 e. The molecule has 0 aliphatic carbocycles. The molecule has 1 heterocycles. The van der Waals surface area contributed by atoms with Crippen molar-refractivity contribution in [2.45, 2.75) is 26.5 Å². The van der Waals surface area contributed by atoms with Crippen LogP contribution in [0.2, 0.25) is 0 Å². The molecule has 1 rings (SSSR count). The summed E-state index contributed by atoms with van der Waals surface area (Å²) in [5.41, 5.74) is 0. The fourth-order valence-corrected chi connectivity index (χ4v) is 1.93. The third-order valence-electron chi connectivity index (χ3n) is 1.86. The van der Waals surface area contributed by atoms with E-state index in [0.717, 1.165) is 11.6 Å². The number of hydrogen-bond acceptors (Lipinski definition) is 5. The zero-order valence-corrected chi connectivity index (χ0v) is 10.0. The van der Waals surface area contributed by atoms with E-state index in [-0.39, 0.29) is 0 Å². The van der Waals surface area contributed by atoms with Crippen LogP contribution in [-0.2, 0) is 11.3 Å². The average molecular weight is 230 g/mol. The second-order valence-corrected chi connectivity index (χ2v) is 4.61. The predicted octanol–water partition coefficient (Wildman–Crippen LogP) is 0.939. The molecule has 0 saturated heterocycles. The van der Waals surface area contributed by atoms with Crippen molar-refractivity contribution in [2.24, 2.45) is 0 Å². The zero-order chi connectivity index (χ0) is 11.1. The van der Waals surface area contributed by atoms with E-state index < -0.39 is 6.10 Å². The van der Waals surface area contributed by atoms with Crippen molar-refractivity contribution < 1.29 is 9.84 Å². The Morgan fingerprint density at radius 1 is 1.67 bits per heavy atom. The molecular formula is C10H18N2O2S. The fraction of sp³-hybridized carbons (Fsp3) is 0.700. The lowest BCUT2D eigenvalue weighted by Gasteiger charge is -2.10. The van der Waals surface area contributed by atoms with Crippen LogP contribution in [0, 0.1) is 6.92 Å². The van der Waals surface area contributed by atoms with Gasteiger partial charge in [-0.15, -0.1) is 11.3 Å². The minimum Gasteiger partial charge on any atom is -0.389 e. The summed E-state index contributed by atoms with van der Waals surface area (Å²) in [5, 5.41) is 13.7. The molecule has 1 unspecified atom stereocenters. The summed E-state index contributed by atoms with van der Waals surface area (Å²) >= 11 is 1.67. The number of rotatable bonds is 7. The third kappa shape index (κ3) is 5.22. The van der Waals surface area contributed by atoms with Crippen molar-refractivity contribution >= 4 is 11.3 Å². The normalized spacial score (nSPS) is 13.0. The molecule has 0 saturated carbocycles. The molecule has 0 bridgehead atoms. The van der Waals surface area contributed by atoms with Crippen LogP contribution in [0.5, 0.6) is 0 Å². The van der Waals surface area contributed by atoms with Crippen LogP contribution in [0.15, 0.2) is 6.20 Å². The van der Waals surface area contributed by atoms with E-state index in [1.54, 1.807) is 11.3 Å². The molecule has 1 atom stereocenters. The van der Waals surface area contributed by atoms with Gasteiger partial charge in [0.1, 0.15) is 0 Å². The minimum absolute atomic E-state index is 0.394. The van der Waals surface area contributed by atoms with Gasteiger partial charge in [0.25, 0.3) is 0 Å². The van der Waals surface area contributed by atoms with Gasteiger partial charge in [-0.2, -0.15) is 0 Å². The summed E-state index contributed by atoms with van der Waals surface area (Å²) < 4.78 is 5.10. The van der Waals surface area contributed by atoms with Gasteiger partial charge in [0.15, 0.2) is 0 Å². The van der Waals surface area contributed by atoms with E-state index in [1.165, 1.54) is 4.88 Å². The number of nitrogens with one attached hydrogen (secondary N) is 1. The van der Waals surface area contributed by atoms with Crippen molar-refractivity contribution in [3.05, 3.63) is 16.1 Å². The maximum absolute atomic E-state index is 9.46. The van der Waals surface area contributed by atoms with Gasteiger partial charge in [-0.25, -0.2) is 4.98 Å². The highest BCUT2D eigenvalue weighted by Crippen LogP contribution is 2.10. The van der Waals surface area contributed by atoms with Crippen molar-refractivity contribution in [1.29, 1.82) is 0 Å². The molecule has 4 nitrogen and oxygen atoms in total. The van der Waals surface area contributed by atoms with Gasteiger partial charge in [0, 0.05) is 30.8 Å². The smallest absolute Gasteiger partial charge is 0.0897 e. The summed E-state index contributed by atoms with van der Waals surface area (Å²) in [4.78, 5) is 5.35. The Bertz CT molecular complexity index is 278. The number of ether oxygens (including phenoxy) is 1. The van der Waals surface area contributed by atoms with Gasteiger partial charge in [0.2, 0.25) is 0 Å². The first-order valence-electron chi connectivity index (χ1n) is 5.10. The van der Waals surface area contributed by atoms with Crippen LogP contribution < -0.4 is 5.32 Å². The second-order valence-electron chi connectivity index (χ2n) is 3.29. The molecule has 2 N–H and O–H groups in total.